The van der Waals surface area contributed by atoms with Crippen LogP contribution in [0.5, 0.6) is 0 Å². The van der Waals surface area contributed by atoms with E-state index < -0.39 is 6.04 Å². The molecule has 0 bridgehead atoms. The summed E-state index contributed by atoms with van der Waals surface area (Å²) in [5, 5.41) is 6.04. The highest BCUT2D eigenvalue weighted by molar-refractivity contribution is 7.80. The highest BCUT2D eigenvalue weighted by Gasteiger charge is 2.45. The third-order valence-electron chi connectivity index (χ3n) is 6.53. The van der Waals surface area contributed by atoms with Crippen LogP contribution in [-0.4, -0.2) is 69.8 Å². The van der Waals surface area contributed by atoms with Gasteiger partial charge in [0.25, 0.3) is 5.91 Å². The summed E-state index contributed by atoms with van der Waals surface area (Å²) in [5.41, 5.74) is 2.54. The molecule has 2 aromatic carbocycles. The van der Waals surface area contributed by atoms with Crippen LogP contribution in [0, 0.1) is 0 Å². The van der Waals surface area contributed by atoms with Crippen molar-refractivity contribution in [3.05, 3.63) is 60.2 Å². The molecule has 0 aliphatic carbocycles. The van der Waals surface area contributed by atoms with Crippen molar-refractivity contribution in [2.24, 2.45) is 0 Å². The molecule has 2 N–H and O–H groups in total. The monoisotopic (exact) mass is 493 g/mol. The van der Waals surface area contributed by atoms with Crippen LogP contribution in [0.3, 0.4) is 0 Å². The summed E-state index contributed by atoms with van der Waals surface area (Å²) < 4.78 is 0. The molecule has 8 nitrogen and oxygen atoms in total. The second-order valence-electron chi connectivity index (χ2n) is 9.11. The van der Waals surface area contributed by atoms with Crippen LogP contribution < -0.4 is 10.6 Å². The number of anilines is 2. The van der Waals surface area contributed by atoms with Crippen LogP contribution >= 0.6 is 12.2 Å². The number of carbonyl (C=O) groups is 3. The van der Waals surface area contributed by atoms with Gasteiger partial charge in [-0.05, 0) is 54.9 Å². The minimum Gasteiger partial charge on any atom is -0.333 e. The largest absolute Gasteiger partial charge is 0.333 e. The molecule has 2 aromatic rings. The number of rotatable bonds is 7. The van der Waals surface area contributed by atoms with Crippen molar-refractivity contribution in [1.82, 2.24) is 14.7 Å². The zero-order valence-electron chi connectivity index (χ0n) is 20.1. The maximum Gasteiger partial charge on any atom is 0.251 e. The summed E-state index contributed by atoms with van der Waals surface area (Å²) >= 11 is 5.61. The van der Waals surface area contributed by atoms with Crippen molar-refractivity contribution < 1.29 is 14.4 Å². The molecule has 0 aromatic heterocycles. The van der Waals surface area contributed by atoms with Crippen molar-refractivity contribution in [1.29, 1.82) is 0 Å². The molecule has 35 heavy (non-hydrogen) atoms. The Balaban J connectivity index is 1.36. The van der Waals surface area contributed by atoms with Crippen molar-refractivity contribution >= 4 is 46.4 Å². The molecule has 1 unspecified atom stereocenters. The Kier molecular flexibility index (Phi) is 7.77. The van der Waals surface area contributed by atoms with Crippen molar-refractivity contribution in [3.63, 3.8) is 0 Å². The van der Waals surface area contributed by atoms with E-state index in [2.05, 4.69) is 39.8 Å². The Morgan fingerprint density at radius 2 is 1.57 bits per heavy atom. The summed E-state index contributed by atoms with van der Waals surface area (Å²) in [7, 11) is 1.68. The number of piperidine rings is 1. The van der Waals surface area contributed by atoms with Gasteiger partial charge in [-0.2, -0.15) is 0 Å². The Bertz CT molecular complexity index is 1080. The first-order valence-electron chi connectivity index (χ1n) is 11.9. The van der Waals surface area contributed by atoms with Crippen LogP contribution in [0.4, 0.5) is 11.4 Å². The normalized spacial score (nSPS) is 19.2. The first kappa shape index (κ1) is 24.8. The lowest BCUT2D eigenvalue weighted by Crippen LogP contribution is -2.49. The number of hydrogen-bond donors (Lipinski definition) is 2. The molecule has 2 saturated heterocycles. The van der Waals surface area contributed by atoms with Gasteiger partial charge in [0, 0.05) is 51.0 Å². The summed E-state index contributed by atoms with van der Waals surface area (Å²) in [5.74, 6) is -0.550. The van der Waals surface area contributed by atoms with E-state index in [1.165, 1.54) is 17.4 Å². The van der Waals surface area contributed by atoms with Crippen LogP contribution in [-0.2, 0) is 20.9 Å². The fraction of sp³-hybridized carbons (Fsp3) is 0.385. The third-order valence-corrected chi connectivity index (χ3v) is 7.01. The van der Waals surface area contributed by atoms with Crippen LogP contribution in [0.25, 0.3) is 0 Å². The molecule has 2 fully saturated rings. The van der Waals surface area contributed by atoms with E-state index in [-0.39, 0.29) is 30.2 Å². The smallest absolute Gasteiger partial charge is 0.251 e. The van der Waals surface area contributed by atoms with Gasteiger partial charge in [-0.25, -0.2) is 0 Å². The van der Waals surface area contributed by atoms with E-state index >= 15 is 0 Å². The Labute approximate surface area is 211 Å². The van der Waals surface area contributed by atoms with Gasteiger partial charge < -0.3 is 15.5 Å². The summed E-state index contributed by atoms with van der Waals surface area (Å²) in [4.78, 5) is 42.9. The van der Waals surface area contributed by atoms with Crippen molar-refractivity contribution in [2.75, 3.05) is 30.8 Å². The quantitative estimate of drug-likeness (QED) is 0.577. The number of hydrogen-bond acceptors (Lipinski definition) is 5. The first-order chi connectivity index (χ1) is 16.8. The van der Waals surface area contributed by atoms with Crippen LogP contribution in [0.15, 0.2) is 54.6 Å². The molecule has 184 valence electrons. The molecule has 0 saturated carbocycles. The van der Waals surface area contributed by atoms with Gasteiger partial charge >= 0.3 is 0 Å². The average molecular weight is 494 g/mol. The molecular formula is C26H31N5O3S. The molecule has 9 heteroatoms. The molecule has 2 heterocycles. The molecule has 2 aliphatic heterocycles. The zero-order chi connectivity index (χ0) is 24.9. The highest BCUT2D eigenvalue weighted by Crippen LogP contribution is 2.28. The summed E-state index contributed by atoms with van der Waals surface area (Å²) in [6, 6.07) is 16.8. The molecule has 1 atom stereocenters. The number of carbonyl (C=O) groups excluding carboxylic acids is 3. The van der Waals surface area contributed by atoms with E-state index in [1.807, 2.05) is 11.0 Å². The number of likely N-dealkylation sites (N-methyl/N-ethyl adjacent to an activating group) is 1. The van der Waals surface area contributed by atoms with Gasteiger partial charge in [0.05, 0.1) is 6.42 Å². The van der Waals surface area contributed by atoms with E-state index in [9.17, 15) is 14.4 Å². The van der Waals surface area contributed by atoms with Crippen molar-refractivity contribution in [2.45, 2.75) is 44.8 Å². The maximum atomic E-state index is 13.0. The number of nitrogens with zero attached hydrogens (tertiary/aromatic N) is 3. The molecular weight excluding hydrogens is 462 g/mol. The third kappa shape index (κ3) is 6.04. The number of thiocarbonyl (C=S) groups is 1. The number of likely N-dealkylation sites (tertiary alicyclic amines) is 1. The first-order valence-corrected chi connectivity index (χ1v) is 12.3. The number of amides is 3. The fourth-order valence-electron chi connectivity index (χ4n) is 4.76. The minimum absolute atomic E-state index is 0.0288. The number of benzene rings is 2. The Morgan fingerprint density at radius 1 is 0.971 bits per heavy atom. The zero-order valence-corrected chi connectivity index (χ0v) is 20.9. The van der Waals surface area contributed by atoms with E-state index in [4.69, 9.17) is 12.2 Å². The predicted molar refractivity (Wildman–Crippen MR) is 140 cm³/mol. The van der Waals surface area contributed by atoms with Gasteiger partial charge in [-0.1, -0.05) is 30.3 Å². The topological polar surface area (TPSA) is 85.0 Å². The lowest BCUT2D eigenvalue weighted by atomic mass is 10.00. The lowest BCUT2D eigenvalue weighted by Gasteiger charge is -2.39. The van der Waals surface area contributed by atoms with Crippen molar-refractivity contribution in [3.8, 4) is 0 Å². The Hall–Kier alpha value is -3.30. The van der Waals surface area contributed by atoms with Gasteiger partial charge in [-0.15, -0.1) is 0 Å². The van der Waals surface area contributed by atoms with E-state index in [0.29, 0.717) is 16.5 Å². The second kappa shape index (κ2) is 11.0. The minimum atomic E-state index is -0.600. The standard InChI is InChI=1S/C26H31N5O3S/c1-18(32)27-20-8-10-21(11-9-20)28-24(33)16-23-25(34)29(2)26(35)31(23)22-12-14-30(15-13-22)17-19-6-4-3-5-7-19/h3-11,22-23H,12-17H2,1-2H3,(H,27,32)(H,28,33). The molecule has 0 spiro atoms. The predicted octanol–water partition coefficient (Wildman–Crippen LogP) is 3.07. The average Bonchev–Trinajstić information content (AvgIpc) is 3.04. The summed E-state index contributed by atoms with van der Waals surface area (Å²) in [6.07, 6.45) is 1.80. The van der Waals surface area contributed by atoms with Gasteiger partial charge in [0.15, 0.2) is 5.11 Å². The highest BCUT2D eigenvalue weighted by atomic mass is 32.1. The molecule has 3 amide bonds. The van der Waals surface area contributed by atoms with Crippen LogP contribution in [0.1, 0.15) is 31.7 Å². The van der Waals surface area contributed by atoms with E-state index in [0.717, 1.165) is 32.5 Å². The lowest BCUT2D eigenvalue weighted by molar-refractivity contribution is -0.130. The van der Waals surface area contributed by atoms with Crippen LogP contribution in [0.2, 0.25) is 0 Å². The van der Waals surface area contributed by atoms with Gasteiger partial charge in [0.1, 0.15) is 6.04 Å². The molecule has 2 aliphatic rings. The SMILES string of the molecule is CC(=O)Nc1ccc(NC(=O)CC2C(=O)N(C)C(=S)N2C2CCN(Cc3ccccc3)CC2)cc1. The van der Waals surface area contributed by atoms with Gasteiger partial charge in [0.2, 0.25) is 11.8 Å². The second-order valence-corrected chi connectivity index (χ2v) is 9.47. The van der Waals surface area contributed by atoms with E-state index in [1.54, 1.807) is 31.3 Å². The fourth-order valence-corrected chi connectivity index (χ4v) is 5.13. The number of nitrogens with one attached hydrogen (secondary N) is 2. The molecule has 0 radical (unpaired) electrons. The maximum absolute atomic E-state index is 13.0. The Morgan fingerprint density at radius 3 is 2.17 bits per heavy atom. The van der Waals surface area contributed by atoms with Gasteiger partial charge in [-0.3, -0.25) is 24.2 Å². The summed E-state index contributed by atoms with van der Waals surface area (Å²) in [6.45, 7) is 4.17. The molecule has 4 rings (SSSR count).